The van der Waals surface area contributed by atoms with Crippen molar-refractivity contribution in [3.63, 3.8) is 0 Å². The van der Waals surface area contributed by atoms with Gasteiger partial charge in [0.25, 0.3) is 0 Å². The van der Waals surface area contributed by atoms with E-state index in [1.54, 1.807) is 12.9 Å². The van der Waals surface area contributed by atoms with Crippen LogP contribution in [0.5, 0.6) is 0 Å². The summed E-state index contributed by atoms with van der Waals surface area (Å²) in [5.41, 5.74) is 1.67. The molecule has 22 heavy (non-hydrogen) atoms. The molecule has 2 aromatic rings. The Morgan fingerprint density at radius 2 is 1.91 bits per heavy atom. The van der Waals surface area contributed by atoms with Gasteiger partial charge < -0.3 is 14.6 Å². The molecule has 0 aliphatic rings. The highest BCUT2D eigenvalue weighted by atomic mass is 31.2. The zero-order valence-electron chi connectivity index (χ0n) is 12.4. The van der Waals surface area contributed by atoms with E-state index in [1.165, 1.54) is 0 Å². The van der Waals surface area contributed by atoms with Crippen molar-refractivity contribution in [3.8, 4) is 0 Å². The van der Waals surface area contributed by atoms with Gasteiger partial charge in [-0.05, 0) is 24.4 Å². The summed E-state index contributed by atoms with van der Waals surface area (Å²) in [7, 11) is -2.54. The van der Waals surface area contributed by atoms with Gasteiger partial charge in [-0.2, -0.15) is 0 Å². The normalized spacial score (nSPS) is 13.1. The predicted molar refractivity (Wildman–Crippen MR) is 86.1 cm³/mol. The van der Waals surface area contributed by atoms with Gasteiger partial charge in [0.1, 0.15) is 13.7 Å². The van der Waals surface area contributed by atoms with E-state index in [0.29, 0.717) is 6.16 Å². The van der Waals surface area contributed by atoms with E-state index < -0.39 is 13.2 Å². The summed E-state index contributed by atoms with van der Waals surface area (Å²) in [5.74, 6) is 0. The average molecular weight is 318 g/mol. The lowest BCUT2D eigenvalue weighted by atomic mass is 10.2. The maximum Gasteiger partial charge on any atom is 0.407 e. The monoisotopic (exact) mass is 318 g/mol. The third kappa shape index (κ3) is 5.70. The fourth-order valence-corrected chi connectivity index (χ4v) is 3.34. The summed E-state index contributed by atoms with van der Waals surface area (Å²) in [6.07, 6.45) is 1.55. The Balaban J connectivity index is 1.76. The molecule has 5 nitrogen and oxygen atoms in total. The zero-order valence-corrected chi connectivity index (χ0v) is 13.3. The predicted octanol–water partition coefficient (Wildman–Crippen LogP) is 3.46. The smallest absolute Gasteiger partial charge is 0.407 e. The molecule has 1 aromatic heterocycles. The molecule has 1 aromatic carbocycles. The minimum atomic E-state index is -2.54. The molecule has 1 atom stereocenters. The molecule has 0 aliphatic carbocycles. The maximum atomic E-state index is 12.5. The van der Waals surface area contributed by atoms with Crippen molar-refractivity contribution in [3.05, 3.63) is 66.0 Å². The minimum Gasteiger partial charge on any atom is -0.445 e. The summed E-state index contributed by atoms with van der Waals surface area (Å²) < 4.78 is 17.5. The maximum absolute atomic E-state index is 12.5. The van der Waals surface area contributed by atoms with Gasteiger partial charge >= 0.3 is 6.09 Å². The SMILES string of the molecule is CP(=O)(CNC(=O)OCc1ccccc1)Cc1ccccn1. The van der Waals surface area contributed by atoms with Crippen LogP contribution in [0.2, 0.25) is 0 Å². The summed E-state index contributed by atoms with van der Waals surface area (Å²) >= 11 is 0. The molecule has 0 fully saturated rings. The number of carbonyl (C=O) groups is 1. The molecule has 0 saturated heterocycles. The van der Waals surface area contributed by atoms with Gasteiger partial charge in [-0.15, -0.1) is 0 Å². The summed E-state index contributed by atoms with van der Waals surface area (Å²) in [6.45, 7) is 1.85. The first-order valence-electron chi connectivity index (χ1n) is 6.95. The van der Waals surface area contributed by atoms with Crippen molar-refractivity contribution in [2.75, 3.05) is 13.0 Å². The number of nitrogens with one attached hydrogen (secondary N) is 1. The van der Waals surface area contributed by atoms with Crippen LogP contribution in [-0.4, -0.2) is 24.0 Å². The van der Waals surface area contributed by atoms with Gasteiger partial charge in [0.05, 0.1) is 6.29 Å². The van der Waals surface area contributed by atoms with Crippen LogP contribution < -0.4 is 5.32 Å². The molecule has 2 rings (SSSR count). The average Bonchev–Trinajstić information content (AvgIpc) is 2.53. The van der Waals surface area contributed by atoms with Crippen LogP contribution in [0.3, 0.4) is 0 Å². The number of pyridine rings is 1. The van der Waals surface area contributed by atoms with Crippen molar-refractivity contribution in [2.45, 2.75) is 12.8 Å². The van der Waals surface area contributed by atoms with Crippen LogP contribution in [0.25, 0.3) is 0 Å². The molecule has 6 heteroatoms. The van der Waals surface area contributed by atoms with E-state index in [1.807, 2.05) is 48.5 Å². The first-order chi connectivity index (χ1) is 10.6. The largest absolute Gasteiger partial charge is 0.445 e. The summed E-state index contributed by atoms with van der Waals surface area (Å²) in [5, 5.41) is 2.56. The Morgan fingerprint density at radius 1 is 1.18 bits per heavy atom. The number of hydrogen-bond donors (Lipinski definition) is 1. The Hall–Kier alpha value is -2.13. The van der Waals surface area contributed by atoms with Gasteiger partial charge in [-0.25, -0.2) is 4.79 Å². The second-order valence-electron chi connectivity index (χ2n) is 5.17. The van der Waals surface area contributed by atoms with Crippen LogP contribution in [0.1, 0.15) is 11.3 Å². The standard InChI is InChI=1S/C16H19N2O3P/c1-22(20,12-15-9-5-6-10-17-15)13-18-16(19)21-11-14-7-3-2-4-8-14/h2-10H,11-13H2,1H3,(H,18,19). The van der Waals surface area contributed by atoms with Crippen LogP contribution >= 0.6 is 7.14 Å². The van der Waals surface area contributed by atoms with E-state index in [-0.39, 0.29) is 12.9 Å². The Labute approximate surface area is 130 Å². The van der Waals surface area contributed by atoms with Crippen molar-refractivity contribution < 1.29 is 14.1 Å². The lowest BCUT2D eigenvalue weighted by Crippen LogP contribution is -2.25. The third-order valence-corrected chi connectivity index (χ3v) is 4.81. The highest BCUT2D eigenvalue weighted by Crippen LogP contribution is 2.43. The van der Waals surface area contributed by atoms with Gasteiger partial charge in [-0.3, -0.25) is 4.98 Å². The topological polar surface area (TPSA) is 68.3 Å². The molecular formula is C16H19N2O3P. The molecule has 1 unspecified atom stereocenters. The number of alkyl carbamates (subject to hydrolysis) is 1. The number of aromatic nitrogens is 1. The van der Waals surface area contributed by atoms with Gasteiger partial charge in [0.2, 0.25) is 0 Å². The second kappa shape index (κ2) is 7.76. The van der Waals surface area contributed by atoms with Crippen molar-refractivity contribution >= 4 is 13.2 Å². The molecule has 1 N–H and O–H groups in total. The Kier molecular flexibility index (Phi) is 5.73. The molecule has 0 saturated carbocycles. The number of benzene rings is 1. The molecule has 0 bridgehead atoms. The number of ether oxygens (including phenoxy) is 1. The van der Waals surface area contributed by atoms with Crippen LogP contribution in [-0.2, 0) is 22.1 Å². The van der Waals surface area contributed by atoms with E-state index in [4.69, 9.17) is 4.74 Å². The van der Waals surface area contributed by atoms with Gasteiger partial charge in [0.15, 0.2) is 0 Å². The molecule has 0 radical (unpaired) electrons. The van der Waals surface area contributed by atoms with Crippen LogP contribution in [0.4, 0.5) is 4.79 Å². The molecule has 116 valence electrons. The number of nitrogens with zero attached hydrogens (tertiary/aromatic N) is 1. The number of hydrogen-bond acceptors (Lipinski definition) is 4. The molecule has 1 amide bonds. The van der Waals surface area contributed by atoms with Crippen molar-refractivity contribution in [2.24, 2.45) is 0 Å². The quantitative estimate of drug-likeness (QED) is 0.828. The van der Waals surface area contributed by atoms with Crippen molar-refractivity contribution in [1.29, 1.82) is 0 Å². The van der Waals surface area contributed by atoms with E-state index in [9.17, 15) is 9.36 Å². The third-order valence-electron chi connectivity index (χ3n) is 2.99. The fourth-order valence-electron chi connectivity index (χ4n) is 1.90. The lowest BCUT2D eigenvalue weighted by Gasteiger charge is -2.13. The highest BCUT2D eigenvalue weighted by Gasteiger charge is 2.18. The number of amides is 1. The first kappa shape index (κ1) is 16.2. The van der Waals surface area contributed by atoms with Gasteiger partial charge in [0, 0.05) is 18.1 Å². The highest BCUT2D eigenvalue weighted by molar-refractivity contribution is 7.62. The molecule has 0 aliphatic heterocycles. The summed E-state index contributed by atoms with van der Waals surface area (Å²) in [6, 6.07) is 14.9. The number of carbonyl (C=O) groups excluding carboxylic acids is 1. The number of rotatable bonds is 6. The molecular weight excluding hydrogens is 299 g/mol. The lowest BCUT2D eigenvalue weighted by molar-refractivity contribution is 0.141. The Morgan fingerprint density at radius 3 is 2.59 bits per heavy atom. The van der Waals surface area contributed by atoms with E-state index in [0.717, 1.165) is 11.3 Å². The van der Waals surface area contributed by atoms with Crippen molar-refractivity contribution in [1.82, 2.24) is 10.3 Å². The Bertz CT molecular complexity index is 647. The molecule has 1 heterocycles. The van der Waals surface area contributed by atoms with Crippen LogP contribution in [0.15, 0.2) is 54.7 Å². The fraction of sp³-hybridized carbons (Fsp3) is 0.250. The molecule has 0 spiro atoms. The second-order valence-corrected chi connectivity index (χ2v) is 8.40. The summed E-state index contributed by atoms with van der Waals surface area (Å²) in [4.78, 5) is 15.8. The van der Waals surface area contributed by atoms with E-state index in [2.05, 4.69) is 10.3 Å². The van der Waals surface area contributed by atoms with E-state index >= 15 is 0 Å². The zero-order chi connectivity index (χ0) is 15.8. The van der Waals surface area contributed by atoms with Crippen LogP contribution in [0, 0.1) is 0 Å². The van der Waals surface area contributed by atoms with Gasteiger partial charge in [-0.1, -0.05) is 36.4 Å². The first-order valence-corrected chi connectivity index (χ1v) is 9.48. The minimum absolute atomic E-state index is 0.0944.